The SMILES string of the molecule is C=C(C)C(=O)OC12CC3OC1C(C(=O)O2)C3C(=O)OC. The number of carbonyl (C=O) groups excluding carboxylic acids is 3. The van der Waals surface area contributed by atoms with Crippen LogP contribution in [0.2, 0.25) is 0 Å². The molecule has 7 nitrogen and oxygen atoms in total. The maximum Gasteiger partial charge on any atom is 0.336 e. The smallest absolute Gasteiger partial charge is 0.336 e. The van der Waals surface area contributed by atoms with Crippen LogP contribution in [0, 0.1) is 11.8 Å². The van der Waals surface area contributed by atoms with Gasteiger partial charge in [-0.15, -0.1) is 0 Å². The van der Waals surface area contributed by atoms with Gasteiger partial charge in [0.25, 0.3) is 5.79 Å². The Morgan fingerprint density at radius 1 is 1.45 bits per heavy atom. The molecule has 0 aliphatic carbocycles. The summed E-state index contributed by atoms with van der Waals surface area (Å²) in [4.78, 5) is 35.4. The zero-order valence-electron chi connectivity index (χ0n) is 11.1. The van der Waals surface area contributed by atoms with Crippen molar-refractivity contribution in [2.75, 3.05) is 7.11 Å². The van der Waals surface area contributed by atoms with Gasteiger partial charge in [0, 0.05) is 5.57 Å². The number of carbonyl (C=O) groups is 3. The first-order valence-corrected chi connectivity index (χ1v) is 6.24. The van der Waals surface area contributed by atoms with Crippen molar-refractivity contribution in [3.05, 3.63) is 12.2 Å². The number of methoxy groups -OCH3 is 1. The van der Waals surface area contributed by atoms with Gasteiger partial charge in [0.1, 0.15) is 12.0 Å². The summed E-state index contributed by atoms with van der Waals surface area (Å²) < 4.78 is 20.8. The lowest BCUT2D eigenvalue weighted by Crippen LogP contribution is -2.47. The highest BCUT2D eigenvalue weighted by Crippen LogP contribution is 2.56. The first-order chi connectivity index (χ1) is 9.39. The van der Waals surface area contributed by atoms with Gasteiger partial charge >= 0.3 is 17.9 Å². The largest absolute Gasteiger partial charge is 0.469 e. The number of fused-ring (bicyclic) bond motifs is 1. The molecule has 3 rings (SSSR count). The molecular formula is C13H14O7. The van der Waals surface area contributed by atoms with Gasteiger partial charge in [-0.3, -0.25) is 9.59 Å². The van der Waals surface area contributed by atoms with E-state index < -0.39 is 47.7 Å². The van der Waals surface area contributed by atoms with Crippen LogP contribution in [-0.4, -0.2) is 43.0 Å². The van der Waals surface area contributed by atoms with Crippen LogP contribution in [0.5, 0.6) is 0 Å². The van der Waals surface area contributed by atoms with E-state index in [-0.39, 0.29) is 12.0 Å². The monoisotopic (exact) mass is 282 g/mol. The molecule has 0 amide bonds. The normalized spacial score (nSPS) is 40.4. The third kappa shape index (κ3) is 1.53. The second-order valence-electron chi connectivity index (χ2n) is 5.28. The third-order valence-electron chi connectivity index (χ3n) is 3.99. The summed E-state index contributed by atoms with van der Waals surface area (Å²) in [5.41, 5.74) is 0.200. The molecule has 3 saturated heterocycles. The molecule has 0 N–H and O–H groups in total. The highest BCUT2D eigenvalue weighted by molar-refractivity contribution is 5.89. The maximum absolute atomic E-state index is 12.0. The molecule has 108 valence electrons. The molecule has 3 aliphatic heterocycles. The van der Waals surface area contributed by atoms with Crippen molar-refractivity contribution in [2.45, 2.75) is 31.3 Å². The van der Waals surface area contributed by atoms with E-state index in [9.17, 15) is 14.4 Å². The van der Waals surface area contributed by atoms with Crippen molar-refractivity contribution >= 4 is 17.9 Å². The molecule has 5 unspecified atom stereocenters. The Morgan fingerprint density at radius 2 is 2.15 bits per heavy atom. The Labute approximate surface area is 114 Å². The summed E-state index contributed by atoms with van der Waals surface area (Å²) in [6, 6.07) is 0. The molecule has 0 saturated carbocycles. The predicted octanol–water partition coefficient (Wildman–Crippen LogP) is -0.0647. The molecule has 0 aromatic rings. The van der Waals surface area contributed by atoms with Crippen LogP contribution in [0.15, 0.2) is 12.2 Å². The van der Waals surface area contributed by atoms with Gasteiger partial charge in [-0.05, 0) is 6.92 Å². The van der Waals surface area contributed by atoms with Crippen molar-refractivity contribution in [3.8, 4) is 0 Å². The Morgan fingerprint density at radius 3 is 2.75 bits per heavy atom. The third-order valence-corrected chi connectivity index (χ3v) is 3.99. The van der Waals surface area contributed by atoms with E-state index in [1.165, 1.54) is 14.0 Å². The van der Waals surface area contributed by atoms with Gasteiger partial charge in [0.05, 0.1) is 25.6 Å². The Hall–Kier alpha value is -1.89. The van der Waals surface area contributed by atoms with Crippen molar-refractivity contribution in [1.82, 2.24) is 0 Å². The van der Waals surface area contributed by atoms with Crippen LogP contribution < -0.4 is 0 Å². The van der Waals surface area contributed by atoms with Crippen LogP contribution in [0.4, 0.5) is 0 Å². The van der Waals surface area contributed by atoms with E-state index in [4.69, 9.17) is 14.2 Å². The number of esters is 3. The maximum atomic E-state index is 12.0. The van der Waals surface area contributed by atoms with E-state index in [0.29, 0.717) is 0 Å². The lowest BCUT2D eigenvalue weighted by molar-refractivity contribution is -0.218. The standard InChI is InChI=1S/C13H14O7/c1-5(2)10(14)19-13-4-6-7(11(15)17-3)8(9(13)18-6)12(16)20-13/h6-9H,1,4H2,2-3H3. The fraction of sp³-hybridized carbons (Fsp3) is 0.615. The summed E-state index contributed by atoms with van der Waals surface area (Å²) in [6.07, 6.45) is -1.16. The Balaban J connectivity index is 1.88. The van der Waals surface area contributed by atoms with Crippen molar-refractivity contribution in [1.29, 1.82) is 0 Å². The van der Waals surface area contributed by atoms with Gasteiger partial charge in [-0.2, -0.15) is 0 Å². The molecule has 20 heavy (non-hydrogen) atoms. The van der Waals surface area contributed by atoms with Crippen molar-refractivity contribution in [3.63, 3.8) is 0 Å². The number of rotatable bonds is 3. The van der Waals surface area contributed by atoms with Gasteiger partial charge < -0.3 is 18.9 Å². The van der Waals surface area contributed by atoms with Gasteiger partial charge in [0.15, 0.2) is 0 Å². The minimum atomic E-state index is -1.42. The van der Waals surface area contributed by atoms with Gasteiger partial charge in [-0.25, -0.2) is 4.79 Å². The highest BCUT2D eigenvalue weighted by Gasteiger charge is 2.75. The van der Waals surface area contributed by atoms with Crippen LogP contribution in [0.25, 0.3) is 0 Å². The number of ether oxygens (including phenoxy) is 4. The lowest BCUT2D eigenvalue weighted by atomic mass is 9.78. The van der Waals surface area contributed by atoms with E-state index in [1.54, 1.807) is 0 Å². The molecule has 2 bridgehead atoms. The van der Waals surface area contributed by atoms with Crippen molar-refractivity contribution in [2.24, 2.45) is 11.8 Å². The zero-order valence-corrected chi connectivity index (χ0v) is 11.1. The van der Waals surface area contributed by atoms with E-state index in [2.05, 4.69) is 11.3 Å². The summed E-state index contributed by atoms with van der Waals surface area (Å²) in [5.74, 6) is -4.66. The first kappa shape index (κ1) is 13.1. The van der Waals surface area contributed by atoms with Crippen molar-refractivity contribution < 1.29 is 33.3 Å². The molecule has 3 heterocycles. The van der Waals surface area contributed by atoms with Crippen LogP contribution >= 0.6 is 0 Å². The topological polar surface area (TPSA) is 88.1 Å². The molecule has 0 spiro atoms. The molecule has 3 fully saturated rings. The van der Waals surface area contributed by atoms with Gasteiger partial charge in [-0.1, -0.05) is 6.58 Å². The molecular weight excluding hydrogens is 268 g/mol. The van der Waals surface area contributed by atoms with Crippen LogP contribution in [-0.2, 0) is 33.3 Å². The minimum Gasteiger partial charge on any atom is -0.469 e. The summed E-state index contributed by atoms with van der Waals surface area (Å²) in [7, 11) is 1.25. The molecule has 5 atom stereocenters. The average Bonchev–Trinajstić information content (AvgIpc) is 2.95. The number of hydrogen-bond donors (Lipinski definition) is 0. The molecule has 0 aromatic carbocycles. The Bertz CT molecular complexity index is 525. The van der Waals surface area contributed by atoms with E-state index in [1.807, 2.05) is 0 Å². The summed E-state index contributed by atoms with van der Waals surface area (Å²) in [5, 5.41) is 0. The molecule has 7 heteroatoms. The zero-order chi connectivity index (χ0) is 14.7. The van der Waals surface area contributed by atoms with Gasteiger partial charge in [0.2, 0.25) is 0 Å². The quantitative estimate of drug-likeness (QED) is 0.529. The predicted molar refractivity (Wildman–Crippen MR) is 62.0 cm³/mol. The Kier molecular flexibility index (Phi) is 2.66. The average molecular weight is 282 g/mol. The number of hydrogen-bond acceptors (Lipinski definition) is 7. The van der Waals surface area contributed by atoms with Crippen LogP contribution in [0.3, 0.4) is 0 Å². The van der Waals surface area contributed by atoms with Crippen LogP contribution in [0.1, 0.15) is 13.3 Å². The minimum absolute atomic E-state index is 0.138. The first-order valence-electron chi connectivity index (χ1n) is 6.24. The van der Waals surface area contributed by atoms with E-state index in [0.717, 1.165) is 0 Å². The lowest BCUT2D eigenvalue weighted by Gasteiger charge is -2.29. The van der Waals surface area contributed by atoms with E-state index >= 15 is 0 Å². The summed E-state index contributed by atoms with van der Waals surface area (Å²) >= 11 is 0. The molecule has 0 radical (unpaired) electrons. The second kappa shape index (κ2) is 4.05. The summed E-state index contributed by atoms with van der Waals surface area (Å²) in [6.45, 7) is 4.98. The fourth-order valence-electron chi connectivity index (χ4n) is 3.13. The fourth-order valence-corrected chi connectivity index (χ4v) is 3.13. The molecule has 3 aliphatic rings. The molecule has 0 aromatic heterocycles. The second-order valence-corrected chi connectivity index (χ2v) is 5.28. The highest BCUT2D eigenvalue weighted by atomic mass is 16.8.